The lowest BCUT2D eigenvalue weighted by atomic mass is 10.1. The summed E-state index contributed by atoms with van der Waals surface area (Å²) in [5.41, 5.74) is -1.14. The smallest absolute Gasteiger partial charge is 0.328 e. The molecule has 116 valence electrons. The molecule has 2 aromatic rings. The minimum Gasteiger partial charge on any atom is -0.469 e. The van der Waals surface area contributed by atoms with Crippen LogP contribution < -0.4 is 11.2 Å². The van der Waals surface area contributed by atoms with Crippen LogP contribution in [0.15, 0.2) is 34.0 Å². The molecule has 0 atom stereocenters. The molecule has 1 aromatic carbocycles. The van der Waals surface area contributed by atoms with Crippen molar-refractivity contribution in [2.24, 2.45) is 0 Å². The van der Waals surface area contributed by atoms with Crippen LogP contribution in [0.5, 0.6) is 0 Å². The third-order valence-electron chi connectivity index (χ3n) is 3.07. The maximum Gasteiger partial charge on any atom is 0.328 e. The molecule has 1 heterocycles. The predicted molar refractivity (Wildman–Crippen MR) is 78.4 cm³/mol. The second kappa shape index (κ2) is 6.57. The van der Waals surface area contributed by atoms with E-state index in [4.69, 9.17) is 11.6 Å². The molecule has 0 bridgehead atoms. The van der Waals surface area contributed by atoms with Crippen LogP contribution in [-0.4, -0.2) is 22.6 Å². The van der Waals surface area contributed by atoms with Crippen LogP contribution in [0.4, 0.5) is 4.39 Å². The first-order valence-electron chi connectivity index (χ1n) is 6.29. The van der Waals surface area contributed by atoms with Gasteiger partial charge in [0, 0.05) is 18.3 Å². The summed E-state index contributed by atoms with van der Waals surface area (Å²) < 4.78 is 18.8. The number of carbonyl (C=O) groups excluding carboxylic acids is 1. The number of nitrogens with zero attached hydrogens (tertiary/aromatic N) is 1. The van der Waals surface area contributed by atoms with Crippen molar-refractivity contribution in [1.29, 1.82) is 0 Å². The predicted octanol–water partition coefficient (Wildman–Crippen LogP) is 1.56. The maximum atomic E-state index is 13.5. The van der Waals surface area contributed by atoms with Gasteiger partial charge in [-0.2, -0.15) is 0 Å². The standard InChI is InChI=1S/C14H12ClFN2O4/c1-22-11(19)5-6-18-13(20)9(7-17-14(18)21)8-3-2-4-10(16)12(8)15/h2-4,7H,5-6H2,1H3,(H,17,21). The summed E-state index contributed by atoms with van der Waals surface area (Å²) in [4.78, 5) is 37.6. The van der Waals surface area contributed by atoms with Gasteiger partial charge in [0.05, 0.1) is 24.1 Å². The molecule has 1 N–H and O–H groups in total. The van der Waals surface area contributed by atoms with E-state index in [9.17, 15) is 18.8 Å². The molecule has 0 fully saturated rings. The Bertz CT molecular complexity index is 828. The molecule has 0 amide bonds. The highest BCUT2D eigenvalue weighted by Crippen LogP contribution is 2.27. The van der Waals surface area contributed by atoms with Crippen molar-refractivity contribution in [3.63, 3.8) is 0 Å². The van der Waals surface area contributed by atoms with Crippen molar-refractivity contribution in [2.45, 2.75) is 13.0 Å². The number of H-pyrrole nitrogens is 1. The SMILES string of the molecule is COC(=O)CCn1c(=O)[nH]cc(-c2cccc(F)c2Cl)c1=O. The molecular weight excluding hydrogens is 315 g/mol. The Balaban J connectivity index is 2.51. The minimum atomic E-state index is -0.676. The molecule has 0 aliphatic rings. The van der Waals surface area contributed by atoms with Crippen LogP contribution >= 0.6 is 11.6 Å². The lowest BCUT2D eigenvalue weighted by molar-refractivity contribution is -0.140. The van der Waals surface area contributed by atoms with Crippen molar-refractivity contribution in [3.8, 4) is 11.1 Å². The molecule has 2 rings (SSSR count). The van der Waals surface area contributed by atoms with E-state index < -0.39 is 23.0 Å². The Morgan fingerprint density at radius 2 is 2.09 bits per heavy atom. The molecule has 0 saturated carbocycles. The fourth-order valence-corrected chi connectivity index (χ4v) is 2.15. The zero-order valence-corrected chi connectivity index (χ0v) is 12.3. The number of benzene rings is 1. The summed E-state index contributed by atoms with van der Waals surface area (Å²) in [6, 6.07) is 4.03. The van der Waals surface area contributed by atoms with Gasteiger partial charge in [0.2, 0.25) is 0 Å². The quantitative estimate of drug-likeness (QED) is 0.865. The highest BCUT2D eigenvalue weighted by molar-refractivity contribution is 6.33. The summed E-state index contributed by atoms with van der Waals surface area (Å²) in [7, 11) is 1.21. The van der Waals surface area contributed by atoms with E-state index in [-0.39, 0.29) is 29.1 Å². The number of hydrogen-bond acceptors (Lipinski definition) is 4. The Morgan fingerprint density at radius 1 is 1.36 bits per heavy atom. The van der Waals surface area contributed by atoms with Gasteiger partial charge in [0.25, 0.3) is 5.56 Å². The fraction of sp³-hybridized carbons (Fsp3) is 0.214. The molecule has 0 saturated heterocycles. The first-order chi connectivity index (χ1) is 10.5. The summed E-state index contributed by atoms with van der Waals surface area (Å²) >= 11 is 5.85. The van der Waals surface area contributed by atoms with Gasteiger partial charge in [-0.3, -0.25) is 14.2 Å². The molecule has 0 unspecified atom stereocenters. The number of carbonyl (C=O) groups is 1. The average molecular weight is 327 g/mol. The van der Waals surface area contributed by atoms with E-state index >= 15 is 0 Å². The number of halogens is 2. The molecule has 0 radical (unpaired) electrons. The van der Waals surface area contributed by atoms with E-state index in [2.05, 4.69) is 9.72 Å². The first-order valence-corrected chi connectivity index (χ1v) is 6.67. The number of ether oxygens (including phenoxy) is 1. The zero-order valence-electron chi connectivity index (χ0n) is 11.6. The Hall–Kier alpha value is -2.41. The molecule has 0 aliphatic carbocycles. The lowest BCUT2D eigenvalue weighted by Gasteiger charge is -2.08. The Morgan fingerprint density at radius 3 is 2.77 bits per heavy atom. The largest absolute Gasteiger partial charge is 0.469 e. The third kappa shape index (κ3) is 3.09. The van der Waals surface area contributed by atoms with Crippen molar-refractivity contribution in [3.05, 3.63) is 56.1 Å². The van der Waals surface area contributed by atoms with Crippen LogP contribution in [0, 0.1) is 5.82 Å². The molecule has 1 aromatic heterocycles. The topological polar surface area (TPSA) is 81.2 Å². The van der Waals surface area contributed by atoms with E-state index in [0.29, 0.717) is 0 Å². The average Bonchev–Trinajstić information content (AvgIpc) is 2.50. The summed E-state index contributed by atoms with van der Waals surface area (Å²) in [6.07, 6.45) is 1.03. The van der Waals surface area contributed by atoms with E-state index in [1.807, 2.05) is 0 Å². The molecule has 0 aliphatic heterocycles. The molecular formula is C14H12ClFN2O4. The van der Waals surface area contributed by atoms with Crippen LogP contribution in [0.25, 0.3) is 11.1 Å². The zero-order chi connectivity index (χ0) is 16.3. The van der Waals surface area contributed by atoms with Gasteiger partial charge >= 0.3 is 11.7 Å². The number of aromatic nitrogens is 2. The highest BCUT2D eigenvalue weighted by Gasteiger charge is 2.15. The van der Waals surface area contributed by atoms with Crippen LogP contribution in [-0.2, 0) is 16.1 Å². The van der Waals surface area contributed by atoms with Gasteiger partial charge in [0.15, 0.2) is 0 Å². The van der Waals surface area contributed by atoms with Crippen molar-refractivity contribution in [2.75, 3.05) is 7.11 Å². The molecule has 8 heteroatoms. The third-order valence-corrected chi connectivity index (χ3v) is 3.45. The normalized spacial score (nSPS) is 10.5. The summed E-state index contributed by atoms with van der Waals surface area (Å²) in [5.74, 6) is -1.23. The lowest BCUT2D eigenvalue weighted by Crippen LogP contribution is -2.36. The number of nitrogens with one attached hydrogen (secondary N) is 1. The molecule has 0 spiro atoms. The fourth-order valence-electron chi connectivity index (χ4n) is 1.92. The van der Waals surface area contributed by atoms with Crippen LogP contribution in [0.1, 0.15) is 6.42 Å². The van der Waals surface area contributed by atoms with Gasteiger partial charge in [-0.15, -0.1) is 0 Å². The van der Waals surface area contributed by atoms with E-state index in [1.54, 1.807) is 0 Å². The number of methoxy groups -OCH3 is 1. The summed E-state index contributed by atoms with van der Waals surface area (Å²) in [6.45, 7) is -0.151. The Kier molecular flexibility index (Phi) is 4.77. The minimum absolute atomic E-state index is 0.0361. The number of esters is 1. The van der Waals surface area contributed by atoms with Crippen molar-refractivity contribution < 1.29 is 13.9 Å². The van der Waals surface area contributed by atoms with Crippen LogP contribution in [0.2, 0.25) is 5.02 Å². The van der Waals surface area contributed by atoms with Gasteiger partial charge in [-0.25, -0.2) is 9.18 Å². The van der Waals surface area contributed by atoms with Gasteiger partial charge in [0.1, 0.15) is 5.82 Å². The van der Waals surface area contributed by atoms with E-state index in [0.717, 1.165) is 10.6 Å². The first kappa shape index (κ1) is 16.0. The van der Waals surface area contributed by atoms with Crippen molar-refractivity contribution >= 4 is 17.6 Å². The number of rotatable bonds is 4. The number of aromatic amines is 1. The monoisotopic (exact) mass is 326 g/mol. The van der Waals surface area contributed by atoms with Gasteiger partial charge in [-0.05, 0) is 6.07 Å². The second-order valence-electron chi connectivity index (χ2n) is 4.39. The maximum absolute atomic E-state index is 13.5. The Labute approximate surface area is 129 Å². The van der Waals surface area contributed by atoms with Gasteiger partial charge < -0.3 is 9.72 Å². The highest BCUT2D eigenvalue weighted by atomic mass is 35.5. The van der Waals surface area contributed by atoms with Crippen molar-refractivity contribution in [1.82, 2.24) is 9.55 Å². The molecule has 22 heavy (non-hydrogen) atoms. The van der Waals surface area contributed by atoms with Gasteiger partial charge in [-0.1, -0.05) is 23.7 Å². The summed E-state index contributed by atoms with van der Waals surface area (Å²) in [5, 5.41) is -0.217. The molecule has 6 nitrogen and oxygen atoms in total. The second-order valence-corrected chi connectivity index (χ2v) is 4.77. The number of hydrogen-bond donors (Lipinski definition) is 1. The van der Waals surface area contributed by atoms with Crippen LogP contribution in [0.3, 0.4) is 0 Å². The van der Waals surface area contributed by atoms with E-state index in [1.165, 1.54) is 25.4 Å².